The van der Waals surface area contributed by atoms with Gasteiger partial charge in [0.05, 0.1) is 12.3 Å². The lowest BCUT2D eigenvalue weighted by Crippen LogP contribution is -2.32. The second-order valence-electron chi connectivity index (χ2n) is 6.11. The first-order valence-electron chi connectivity index (χ1n) is 9.48. The first-order valence-corrected chi connectivity index (χ1v) is 9.48. The third kappa shape index (κ3) is 8.25. The SMILES string of the molecule is CCCCCCOc1cccc(N(C)C(=O)OCCN(CC)CC)c1. The summed E-state index contributed by atoms with van der Waals surface area (Å²) in [5.41, 5.74) is 0.777. The molecule has 0 radical (unpaired) electrons. The van der Waals surface area contributed by atoms with Crippen molar-refractivity contribution in [3.8, 4) is 5.75 Å². The number of benzene rings is 1. The van der Waals surface area contributed by atoms with Crippen LogP contribution in [0.25, 0.3) is 0 Å². The second kappa shape index (κ2) is 12.6. The normalized spacial score (nSPS) is 10.8. The third-order valence-corrected chi connectivity index (χ3v) is 4.27. The first kappa shape index (κ1) is 21.3. The highest BCUT2D eigenvalue weighted by molar-refractivity contribution is 5.87. The zero-order valence-electron chi connectivity index (χ0n) is 16.3. The number of ether oxygens (including phenoxy) is 2. The van der Waals surface area contributed by atoms with Crippen LogP contribution in [0.3, 0.4) is 0 Å². The lowest BCUT2D eigenvalue weighted by atomic mass is 10.2. The van der Waals surface area contributed by atoms with E-state index in [0.29, 0.717) is 13.2 Å². The minimum Gasteiger partial charge on any atom is -0.494 e. The van der Waals surface area contributed by atoms with Crippen LogP contribution in [-0.4, -0.2) is 50.9 Å². The zero-order chi connectivity index (χ0) is 18.5. The van der Waals surface area contributed by atoms with Crippen molar-refractivity contribution in [3.05, 3.63) is 24.3 Å². The van der Waals surface area contributed by atoms with E-state index in [0.717, 1.165) is 37.5 Å². The van der Waals surface area contributed by atoms with E-state index in [9.17, 15) is 4.79 Å². The Kier molecular flexibility index (Phi) is 10.7. The molecular formula is C20H34N2O3. The summed E-state index contributed by atoms with van der Waals surface area (Å²) >= 11 is 0. The Labute approximate surface area is 152 Å². The van der Waals surface area contributed by atoms with Crippen LogP contribution >= 0.6 is 0 Å². The quantitative estimate of drug-likeness (QED) is 0.518. The van der Waals surface area contributed by atoms with Crippen LogP contribution < -0.4 is 9.64 Å². The van der Waals surface area contributed by atoms with Crippen molar-refractivity contribution in [2.24, 2.45) is 0 Å². The van der Waals surface area contributed by atoms with E-state index < -0.39 is 0 Å². The standard InChI is InChI=1S/C20H34N2O3/c1-5-8-9-10-15-24-19-13-11-12-18(17-19)21(4)20(23)25-16-14-22(6-2)7-3/h11-13,17H,5-10,14-16H2,1-4H3. The fourth-order valence-electron chi connectivity index (χ4n) is 2.50. The molecule has 0 spiro atoms. The zero-order valence-corrected chi connectivity index (χ0v) is 16.3. The van der Waals surface area contributed by atoms with Crippen molar-refractivity contribution in [3.63, 3.8) is 0 Å². The number of carbonyl (C=O) groups excluding carboxylic acids is 1. The van der Waals surface area contributed by atoms with Gasteiger partial charge in [0.15, 0.2) is 0 Å². The van der Waals surface area contributed by atoms with Crippen molar-refractivity contribution in [1.82, 2.24) is 4.90 Å². The molecule has 0 fully saturated rings. The molecule has 142 valence electrons. The molecule has 1 aromatic carbocycles. The molecule has 1 aromatic rings. The summed E-state index contributed by atoms with van der Waals surface area (Å²) in [6.45, 7) is 10.2. The first-order chi connectivity index (χ1) is 12.1. The maximum atomic E-state index is 12.2. The Bertz CT molecular complexity index is 490. The highest BCUT2D eigenvalue weighted by Gasteiger charge is 2.13. The summed E-state index contributed by atoms with van der Waals surface area (Å²) in [7, 11) is 1.72. The summed E-state index contributed by atoms with van der Waals surface area (Å²) < 4.78 is 11.1. The summed E-state index contributed by atoms with van der Waals surface area (Å²) in [5.74, 6) is 0.789. The highest BCUT2D eigenvalue weighted by atomic mass is 16.6. The number of hydrogen-bond acceptors (Lipinski definition) is 4. The van der Waals surface area contributed by atoms with Crippen LogP contribution in [0.1, 0.15) is 46.5 Å². The molecule has 0 unspecified atom stereocenters. The Morgan fingerprint density at radius 3 is 2.48 bits per heavy atom. The molecule has 25 heavy (non-hydrogen) atoms. The molecule has 0 heterocycles. The average Bonchev–Trinajstić information content (AvgIpc) is 2.64. The number of amides is 1. The molecule has 0 atom stereocenters. The van der Waals surface area contributed by atoms with E-state index in [1.165, 1.54) is 24.2 Å². The highest BCUT2D eigenvalue weighted by Crippen LogP contribution is 2.21. The van der Waals surface area contributed by atoms with E-state index in [-0.39, 0.29) is 6.09 Å². The van der Waals surface area contributed by atoms with Gasteiger partial charge in [-0.2, -0.15) is 0 Å². The summed E-state index contributed by atoms with van der Waals surface area (Å²) in [4.78, 5) is 15.9. The molecule has 0 bridgehead atoms. The molecule has 0 aromatic heterocycles. The molecule has 0 N–H and O–H groups in total. The lowest BCUT2D eigenvalue weighted by molar-refractivity contribution is 0.137. The Morgan fingerprint density at radius 2 is 1.80 bits per heavy atom. The van der Waals surface area contributed by atoms with Gasteiger partial charge < -0.3 is 14.4 Å². The van der Waals surface area contributed by atoms with Gasteiger partial charge in [-0.05, 0) is 31.6 Å². The Morgan fingerprint density at radius 1 is 1.04 bits per heavy atom. The molecule has 0 aliphatic heterocycles. The van der Waals surface area contributed by atoms with Crippen LogP contribution in [-0.2, 0) is 4.74 Å². The predicted molar refractivity (Wildman–Crippen MR) is 104 cm³/mol. The summed E-state index contributed by atoms with van der Waals surface area (Å²) in [5, 5.41) is 0. The van der Waals surface area contributed by atoms with Crippen molar-refractivity contribution in [1.29, 1.82) is 0 Å². The van der Waals surface area contributed by atoms with E-state index in [1.54, 1.807) is 7.05 Å². The molecule has 1 rings (SSSR count). The van der Waals surface area contributed by atoms with E-state index in [4.69, 9.17) is 9.47 Å². The van der Waals surface area contributed by atoms with E-state index >= 15 is 0 Å². The molecule has 5 heteroatoms. The Balaban J connectivity index is 2.44. The topological polar surface area (TPSA) is 42.0 Å². The van der Waals surface area contributed by atoms with Gasteiger partial charge in [-0.25, -0.2) is 4.79 Å². The number of carbonyl (C=O) groups is 1. The van der Waals surface area contributed by atoms with Crippen molar-refractivity contribution in [2.45, 2.75) is 46.5 Å². The molecule has 5 nitrogen and oxygen atoms in total. The van der Waals surface area contributed by atoms with Gasteiger partial charge in [0.2, 0.25) is 0 Å². The van der Waals surface area contributed by atoms with Crippen LogP contribution in [0.4, 0.5) is 10.5 Å². The minimum absolute atomic E-state index is 0.341. The molecule has 0 saturated heterocycles. The van der Waals surface area contributed by atoms with Crippen LogP contribution in [0, 0.1) is 0 Å². The number of anilines is 1. The maximum Gasteiger partial charge on any atom is 0.414 e. The van der Waals surface area contributed by atoms with Crippen LogP contribution in [0.15, 0.2) is 24.3 Å². The number of nitrogens with zero attached hydrogens (tertiary/aromatic N) is 2. The van der Waals surface area contributed by atoms with Crippen LogP contribution in [0.5, 0.6) is 5.75 Å². The third-order valence-electron chi connectivity index (χ3n) is 4.27. The number of hydrogen-bond donors (Lipinski definition) is 0. The maximum absolute atomic E-state index is 12.2. The number of unbranched alkanes of at least 4 members (excludes halogenated alkanes) is 3. The average molecular weight is 351 g/mol. The van der Waals surface area contributed by atoms with E-state index in [1.807, 2.05) is 24.3 Å². The number of rotatable bonds is 12. The van der Waals surface area contributed by atoms with Crippen molar-refractivity contribution in [2.75, 3.05) is 44.8 Å². The minimum atomic E-state index is -0.341. The van der Waals surface area contributed by atoms with Crippen LogP contribution in [0.2, 0.25) is 0 Å². The second-order valence-corrected chi connectivity index (χ2v) is 6.11. The van der Waals surface area contributed by atoms with E-state index in [2.05, 4.69) is 25.7 Å². The van der Waals surface area contributed by atoms with Gasteiger partial charge in [0, 0.05) is 19.7 Å². The van der Waals surface area contributed by atoms with Gasteiger partial charge in [0.25, 0.3) is 0 Å². The fourth-order valence-corrected chi connectivity index (χ4v) is 2.50. The monoisotopic (exact) mass is 350 g/mol. The largest absolute Gasteiger partial charge is 0.494 e. The Hall–Kier alpha value is -1.75. The molecular weight excluding hydrogens is 316 g/mol. The van der Waals surface area contributed by atoms with Gasteiger partial charge in [0.1, 0.15) is 12.4 Å². The lowest BCUT2D eigenvalue weighted by Gasteiger charge is -2.21. The van der Waals surface area contributed by atoms with Gasteiger partial charge >= 0.3 is 6.09 Å². The van der Waals surface area contributed by atoms with Gasteiger partial charge in [-0.1, -0.05) is 46.1 Å². The molecule has 1 amide bonds. The summed E-state index contributed by atoms with van der Waals surface area (Å²) in [6.07, 6.45) is 4.37. The van der Waals surface area contributed by atoms with Crippen molar-refractivity contribution < 1.29 is 14.3 Å². The molecule has 0 saturated carbocycles. The van der Waals surface area contributed by atoms with Crippen molar-refractivity contribution >= 4 is 11.8 Å². The predicted octanol–water partition coefficient (Wildman–Crippen LogP) is 4.56. The molecule has 0 aliphatic carbocycles. The fraction of sp³-hybridized carbons (Fsp3) is 0.650. The van der Waals surface area contributed by atoms with Gasteiger partial charge in [-0.3, -0.25) is 4.90 Å². The molecule has 0 aliphatic rings. The smallest absolute Gasteiger partial charge is 0.414 e. The summed E-state index contributed by atoms with van der Waals surface area (Å²) in [6, 6.07) is 7.58. The van der Waals surface area contributed by atoms with Gasteiger partial charge in [-0.15, -0.1) is 0 Å². The number of likely N-dealkylation sites (N-methyl/N-ethyl adjacent to an activating group) is 1.